The van der Waals surface area contributed by atoms with Crippen LogP contribution >= 0.6 is 11.8 Å². The Morgan fingerprint density at radius 3 is 2.61 bits per heavy atom. The largest absolute Gasteiger partial charge is 0.492 e. The summed E-state index contributed by atoms with van der Waals surface area (Å²) in [5.74, 6) is -3.13. The molecular weight excluding hydrogens is 450 g/mol. The Balaban J connectivity index is 1.91. The number of halogens is 2. The first-order valence-corrected chi connectivity index (χ1v) is 11.8. The predicted octanol–water partition coefficient (Wildman–Crippen LogP) is 3.67. The molecular formula is C20H22F2N2O5S2. The summed E-state index contributed by atoms with van der Waals surface area (Å²) in [7, 11) is -3.89. The fraction of sp³-hybridized carbons (Fsp3) is 0.350. The lowest BCUT2D eigenvalue weighted by atomic mass is 10.2. The molecule has 11 heteroatoms. The summed E-state index contributed by atoms with van der Waals surface area (Å²) in [6.07, 6.45) is 0. The summed E-state index contributed by atoms with van der Waals surface area (Å²) in [6, 6.07) is 10.3. The Hall–Kier alpha value is -2.21. The third kappa shape index (κ3) is 5.73. The predicted molar refractivity (Wildman–Crippen MR) is 113 cm³/mol. The summed E-state index contributed by atoms with van der Waals surface area (Å²) in [6.45, 7) is 3.00. The molecule has 0 aromatic heterocycles. The first kappa shape index (κ1) is 23.5. The molecule has 2 aromatic rings. The molecule has 0 saturated carbocycles. The minimum absolute atomic E-state index is 0.0688. The van der Waals surface area contributed by atoms with E-state index in [4.69, 9.17) is 9.47 Å². The molecule has 0 spiro atoms. The van der Waals surface area contributed by atoms with E-state index in [1.54, 1.807) is 19.1 Å². The number of carbonyl (C=O) groups is 1. The molecule has 0 bridgehead atoms. The Morgan fingerprint density at radius 2 is 1.94 bits per heavy atom. The highest BCUT2D eigenvalue weighted by Gasteiger charge is 2.30. The maximum Gasteiger partial charge on any atom is 0.288 e. The van der Waals surface area contributed by atoms with Gasteiger partial charge in [0.2, 0.25) is 10.0 Å². The Labute approximate surface area is 183 Å². The Morgan fingerprint density at radius 1 is 1.23 bits per heavy atom. The lowest BCUT2D eigenvalue weighted by Crippen LogP contribution is -2.40. The summed E-state index contributed by atoms with van der Waals surface area (Å²) >= 11 is 0.271. The second kappa shape index (κ2) is 10.4. The number of rotatable bonds is 8. The molecule has 0 atom stereocenters. The number of hydrogen-bond acceptors (Lipinski definition) is 6. The number of morpholine rings is 1. The molecule has 0 unspecified atom stereocenters. The first-order chi connectivity index (χ1) is 14.8. The second-order valence-corrected chi connectivity index (χ2v) is 9.38. The molecule has 168 valence electrons. The molecule has 1 heterocycles. The van der Waals surface area contributed by atoms with Crippen molar-refractivity contribution in [2.45, 2.75) is 22.5 Å². The number of sulfonamides is 1. The Bertz CT molecular complexity index is 1030. The van der Waals surface area contributed by atoms with Gasteiger partial charge < -0.3 is 14.8 Å². The van der Waals surface area contributed by atoms with Crippen LogP contribution in [0.3, 0.4) is 0 Å². The molecule has 1 amide bonds. The van der Waals surface area contributed by atoms with E-state index in [0.717, 1.165) is 0 Å². The maximum absolute atomic E-state index is 13.2. The highest BCUT2D eigenvalue weighted by molar-refractivity contribution is 7.99. The summed E-state index contributed by atoms with van der Waals surface area (Å²) in [4.78, 5) is 12.8. The van der Waals surface area contributed by atoms with Gasteiger partial charge in [-0.1, -0.05) is 23.9 Å². The normalized spacial score (nSPS) is 15.1. The molecule has 7 nitrogen and oxygen atoms in total. The second-order valence-electron chi connectivity index (χ2n) is 6.44. The number of hydrogen-bond donors (Lipinski definition) is 1. The van der Waals surface area contributed by atoms with Crippen molar-refractivity contribution in [2.24, 2.45) is 0 Å². The van der Waals surface area contributed by atoms with E-state index >= 15 is 0 Å². The van der Waals surface area contributed by atoms with E-state index in [0.29, 0.717) is 0 Å². The van der Waals surface area contributed by atoms with Crippen LogP contribution in [0.25, 0.3) is 0 Å². The van der Waals surface area contributed by atoms with E-state index in [9.17, 15) is 22.0 Å². The number of carbonyl (C=O) groups excluding carboxylic acids is 1. The lowest BCUT2D eigenvalue weighted by Gasteiger charge is -2.27. The van der Waals surface area contributed by atoms with Crippen LogP contribution in [0.1, 0.15) is 17.3 Å². The standard InChI is InChI=1S/C20H22F2N2O5S2/c1-2-29-16-8-7-14(13-18(16)31(26,27)24-9-11-28-12-10-24)23-19(25)15-5-3-4-6-17(15)30-20(21)22/h3-8,13,20H,2,9-12H2,1H3,(H,23,25). The topological polar surface area (TPSA) is 84.9 Å². The van der Waals surface area contributed by atoms with Crippen LogP contribution in [0, 0.1) is 0 Å². The fourth-order valence-corrected chi connectivity index (χ4v) is 5.24. The third-order valence-corrected chi connectivity index (χ3v) is 7.14. The third-order valence-electron chi connectivity index (χ3n) is 4.44. The summed E-state index contributed by atoms with van der Waals surface area (Å²) < 4.78 is 63.9. The molecule has 3 rings (SSSR count). The van der Waals surface area contributed by atoms with Crippen molar-refractivity contribution in [1.82, 2.24) is 4.31 Å². The van der Waals surface area contributed by atoms with Crippen molar-refractivity contribution in [1.29, 1.82) is 0 Å². The van der Waals surface area contributed by atoms with Crippen LogP contribution in [-0.4, -0.2) is 57.3 Å². The SMILES string of the molecule is CCOc1ccc(NC(=O)c2ccccc2SC(F)F)cc1S(=O)(=O)N1CCOCC1. The van der Waals surface area contributed by atoms with Crippen molar-refractivity contribution in [3.63, 3.8) is 0 Å². The van der Waals surface area contributed by atoms with Crippen molar-refractivity contribution >= 4 is 33.4 Å². The van der Waals surface area contributed by atoms with E-state index in [1.165, 1.54) is 34.6 Å². The smallest absolute Gasteiger partial charge is 0.288 e. The average molecular weight is 473 g/mol. The minimum atomic E-state index is -3.89. The van der Waals surface area contributed by atoms with Crippen LogP contribution < -0.4 is 10.1 Å². The van der Waals surface area contributed by atoms with Gasteiger partial charge in [-0.3, -0.25) is 4.79 Å². The zero-order valence-corrected chi connectivity index (χ0v) is 18.3. The molecule has 0 aliphatic carbocycles. The number of benzene rings is 2. The van der Waals surface area contributed by atoms with E-state index in [-0.39, 0.29) is 71.5 Å². The van der Waals surface area contributed by atoms with Crippen molar-refractivity contribution in [2.75, 3.05) is 38.2 Å². The number of nitrogens with one attached hydrogen (secondary N) is 1. The zero-order chi connectivity index (χ0) is 22.4. The van der Waals surface area contributed by atoms with Crippen LogP contribution in [0.2, 0.25) is 0 Å². The van der Waals surface area contributed by atoms with Crippen LogP contribution in [0.5, 0.6) is 5.75 Å². The van der Waals surface area contributed by atoms with Crippen LogP contribution in [-0.2, 0) is 14.8 Å². The lowest BCUT2D eigenvalue weighted by molar-refractivity contribution is 0.0729. The number of alkyl halides is 2. The molecule has 1 aliphatic heterocycles. The summed E-state index contributed by atoms with van der Waals surface area (Å²) in [5, 5.41) is 2.60. The Kier molecular flexibility index (Phi) is 7.87. The van der Waals surface area contributed by atoms with Crippen molar-refractivity contribution < 1.29 is 31.5 Å². The number of thioether (sulfide) groups is 1. The van der Waals surface area contributed by atoms with Gasteiger partial charge in [0.25, 0.3) is 11.7 Å². The van der Waals surface area contributed by atoms with Crippen LogP contribution in [0.15, 0.2) is 52.3 Å². The monoisotopic (exact) mass is 472 g/mol. The molecule has 1 N–H and O–H groups in total. The molecule has 1 fully saturated rings. The fourth-order valence-electron chi connectivity index (χ4n) is 3.04. The summed E-state index contributed by atoms with van der Waals surface area (Å²) in [5.41, 5.74) is 0.274. The molecule has 1 aliphatic rings. The number of anilines is 1. The highest BCUT2D eigenvalue weighted by atomic mass is 32.2. The first-order valence-electron chi connectivity index (χ1n) is 9.53. The van der Waals surface area contributed by atoms with Gasteiger partial charge in [0.1, 0.15) is 10.6 Å². The average Bonchev–Trinajstić information content (AvgIpc) is 2.75. The van der Waals surface area contributed by atoms with Crippen molar-refractivity contribution in [3.05, 3.63) is 48.0 Å². The zero-order valence-electron chi connectivity index (χ0n) is 16.7. The highest BCUT2D eigenvalue weighted by Crippen LogP contribution is 2.32. The molecule has 2 aromatic carbocycles. The molecule has 0 radical (unpaired) electrons. The van der Waals surface area contributed by atoms with Gasteiger partial charge in [0.05, 0.1) is 25.4 Å². The van der Waals surface area contributed by atoms with Gasteiger partial charge >= 0.3 is 0 Å². The quantitative estimate of drug-likeness (QED) is 0.590. The van der Waals surface area contributed by atoms with Gasteiger partial charge in [-0.05, 0) is 37.3 Å². The number of amides is 1. The molecule has 31 heavy (non-hydrogen) atoms. The minimum Gasteiger partial charge on any atom is -0.492 e. The van der Waals surface area contributed by atoms with E-state index < -0.39 is 21.7 Å². The molecule has 1 saturated heterocycles. The number of nitrogens with zero attached hydrogens (tertiary/aromatic N) is 1. The van der Waals surface area contributed by atoms with Crippen molar-refractivity contribution in [3.8, 4) is 5.75 Å². The van der Waals surface area contributed by atoms with Gasteiger partial charge in [-0.15, -0.1) is 0 Å². The van der Waals surface area contributed by atoms with Crippen LogP contribution in [0.4, 0.5) is 14.5 Å². The van der Waals surface area contributed by atoms with E-state index in [2.05, 4.69) is 5.32 Å². The van der Waals surface area contributed by atoms with Gasteiger partial charge in [0, 0.05) is 23.7 Å². The van der Waals surface area contributed by atoms with Gasteiger partial charge in [-0.2, -0.15) is 13.1 Å². The van der Waals surface area contributed by atoms with Gasteiger partial charge in [0.15, 0.2) is 0 Å². The maximum atomic E-state index is 13.2. The van der Waals surface area contributed by atoms with E-state index in [1.807, 2.05) is 0 Å². The van der Waals surface area contributed by atoms with Gasteiger partial charge in [-0.25, -0.2) is 8.42 Å². The number of ether oxygens (including phenoxy) is 2.